The fourth-order valence-corrected chi connectivity index (χ4v) is 5.80. The maximum Gasteiger partial charge on any atom is 0.243 e. The summed E-state index contributed by atoms with van der Waals surface area (Å²) < 4.78 is 33.9. The van der Waals surface area contributed by atoms with Crippen LogP contribution in [0.15, 0.2) is 88.4 Å². The molecule has 0 saturated carbocycles. The van der Waals surface area contributed by atoms with Gasteiger partial charge in [-0.25, -0.2) is 8.42 Å². The van der Waals surface area contributed by atoms with Crippen LogP contribution in [0.5, 0.6) is 0 Å². The molecule has 4 rings (SSSR count). The third-order valence-corrected chi connectivity index (χ3v) is 7.66. The van der Waals surface area contributed by atoms with Crippen LogP contribution in [-0.2, 0) is 14.8 Å². The summed E-state index contributed by atoms with van der Waals surface area (Å²) in [5.41, 5.74) is 0.935. The second kappa shape index (κ2) is 9.08. The van der Waals surface area contributed by atoms with Crippen LogP contribution >= 0.6 is 0 Å². The standard InChI is InChI=1S/C24H26N2O4S/c1-18(23-13-8-16-30-23)25-24(27)20-14-15-22(19-9-4-2-5-10-19)26(17-20)31(28,29)21-11-6-3-7-12-21/h2-13,16,18,20,22H,14-15,17H2,1H3,(H,25,27). The number of benzene rings is 2. The third-order valence-electron chi connectivity index (χ3n) is 5.77. The number of furan rings is 1. The van der Waals surface area contributed by atoms with Gasteiger partial charge in [0.15, 0.2) is 0 Å². The average Bonchev–Trinajstić information content (AvgIpc) is 3.35. The lowest BCUT2D eigenvalue weighted by Crippen LogP contribution is -2.47. The van der Waals surface area contributed by atoms with Crippen LogP contribution in [0.4, 0.5) is 0 Å². The molecule has 6 nitrogen and oxygen atoms in total. The molecule has 0 aliphatic carbocycles. The predicted octanol–water partition coefficient (Wildman–Crippen LogP) is 4.30. The van der Waals surface area contributed by atoms with Gasteiger partial charge in [0.05, 0.1) is 29.2 Å². The highest BCUT2D eigenvalue weighted by atomic mass is 32.2. The zero-order chi connectivity index (χ0) is 21.8. The third kappa shape index (κ3) is 4.57. The molecular formula is C24H26N2O4S. The Kier molecular flexibility index (Phi) is 6.25. The summed E-state index contributed by atoms with van der Waals surface area (Å²) in [4.78, 5) is 13.2. The molecule has 3 unspecified atom stereocenters. The topological polar surface area (TPSA) is 79.6 Å². The second-order valence-electron chi connectivity index (χ2n) is 7.83. The monoisotopic (exact) mass is 438 g/mol. The Bertz CT molecular complexity index is 1100. The number of nitrogens with one attached hydrogen (secondary N) is 1. The predicted molar refractivity (Wildman–Crippen MR) is 118 cm³/mol. The minimum atomic E-state index is -3.76. The molecule has 0 spiro atoms. The summed E-state index contributed by atoms with van der Waals surface area (Å²) in [5.74, 6) is 0.0691. The Labute approximate surface area is 182 Å². The van der Waals surface area contributed by atoms with Gasteiger partial charge >= 0.3 is 0 Å². The highest BCUT2D eigenvalue weighted by Crippen LogP contribution is 2.37. The maximum absolute atomic E-state index is 13.5. The zero-order valence-corrected chi connectivity index (χ0v) is 18.2. The molecule has 2 aromatic carbocycles. The number of carbonyl (C=O) groups is 1. The molecule has 31 heavy (non-hydrogen) atoms. The van der Waals surface area contributed by atoms with E-state index in [2.05, 4.69) is 5.32 Å². The molecular weight excluding hydrogens is 412 g/mol. The molecule has 0 bridgehead atoms. The van der Waals surface area contributed by atoms with Crippen LogP contribution in [-0.4, -0.2) is 25.2 Å². The number of nitrogens with zero attached hydrogens (tertiary/aromatic N) is 1. The van der Waals surface area contributed by atoms with Crippen molar-refractivity contribution in [1.82, 2.24) is 9.62 Å². The van der Waals surface area contributed by atoms with Gasteiger partial charge in [-0.1, -0.05) is 48.5 Å². The molecule has 1 saturated heterocycles. The minimum Gasteiger partial charge on any atom is -0.467 e. The van der Waals surface area contributed by atoms with E-state index in [-0.39, 0.29) is 29.4 Å². The van der Waals surface area contributed by atoms with Gasteiger partial charge in [0.25, 0.3) is 0 Å². The second-order valence-corrected chi connectivity index (χ2v) is 9.72. The van der Waals surface area contributed by atoms with Crippen molar-refractivity contribution < 1.29 is 17.6 Å². The van der Waals surface area contributed by atoms with Gasteiger partial charge in [0.2, 0.25) is 15.9 Å². The normalized spacial score (nSPS) is 20.8. The van der Waals surface area contributed by atoms with Gasteiger partial charge < -0.3 is 9.73 Å². The van der Waals surface area contributed by atoms with Crippen molar-refractivity contribution in [3.05, 3.63) is 90.4 Å². The lowest BCUT2D eigenvalue weighted by Gasteiger charge is -2.38. The molecule has 0 radical (unpaired) electrons. The molecule has 1 aliphatic rings. The molecule has 3 atom stereocenters. The number of sulfonamides is 1. The Morgan fingerprint density at radius 1 is 1.00 bits per heavy atom. The fourth-order valence-electron chi connectivity index (χ4n) is 4.09. The number of piperidine rings is 1. The molecule has 1 fully saturated rings. The Hall–Kier alpha value is -2.90. The van der Waals surface area contributed by atoms with E-state index in [9.17, 15) is 13.2 Å². The molecule has 2 heterocycles. The maximum atomic E-state index is 13.5. The molecule has 1 aromatic heterocycles. The van der Waals surface area contributed by atoms with E-state index in [1.54, 1.807) is 42.7 Å². The van der Waals surface area contributed by atoms with Crippen molar-refractivity contribution in [2.24, 2.45) is 5.92 Å². The summed E-state index contributed by atoms with van der Waals surface area (Å²) in [7, 11) is -3.76. The molecule has 1 amide bonds. The fraction of sp³-hybridized carbons (Fsp3) is 0.292. The van der Waals surface area contributed by atoms with Gasteiger partial charge in [-0.15, -0.1) is 0 Å². The lowest BCUT2D eigenvalue weighted by atomic mass is 9.90. The van der Waals surface area contributed by atoms with Gasteiger partial charge in [0, 0.05) is 6.54 Å². The van der Waals surface area contributed by atoms with Gasteiger partial charge in [-0.3, -0.25) is 4.79 Å². The molecule has 1 N–H and O–H groups in total. The SMILES string of the molecule is CC(NC(=O)C1CCC(c2ccccc2)N(S(=O)(=O)c2ccccc2)C1)c1ccco1. The summed E-state index contributed by atoms with van der Waals surface area (Å²) in [6.45, 7) is 1.98. The highest BCUT2D eigenvalue weighted by molar-refractivity contribution is 7.89. The summed E-state index contributed by atoms with van der Waals surface area (Å²) >= 11 is 0. The number of amides is 1. The molecule has 1 aliphatic heterocycles. The van der Waals surface area contributed by atoms with E-state index >= 15 is 0 Å². The number of hydrogen-bond acceptors (Lipinski definition) is 4. The Balaban J connectivity index is 1.60. The van der Waals surface area contributed by atoms with Crippen LogP contribution in [0.25, 0.3) is 0 Å². The minimum absolute atomic E-state index is 0.132. The largest absolute Gasteiger partial charge is 0.467 e. The first-order valence-electron chi connectivity index (χ1n) is 10.4. The smallest absolute Gasteiger partial charge is 0.243 e. The van der Waals surface area contributed by atoms with E-state index in [0.717, 1.165) is 5.56 Å². The van der Waals surface area contributed by atoms with E-state index < -0.39 is 15.9 Å². The van der Waals surface area contributed by atoms with Crippen molar-refractivity contribution in [2.75, 3.05) is 6.54 Å². The molecule has 7 heteroatoms. The summed E-state index contributed by atoms with van der Waals surface area (Å²) in [6.07, 6.45) is 2.75. The van der Waals surface area contributed by atoms with Crippen molar-refractivity contribution in [2.45, 2.75) is 36.7 Å². The first-order valence-corrected chi connectivity index (χ1v) is 11.9. The van der Waals surface area contributed by atoms with E-state index in [4.69, 9.17) is 4.42 Å². The van der Waals surface area contributed by atoms with E-state index in [1.807, 2.05) is 43.3 Å². The van der Waals surface area contributed by atoms with Crippen LogP contribution < -0.4 is 5.32 Å². The van der Waals surface area contributed by atoms with Crippen molar-refractivity contribution in [1.29, 1.82) is 0 Å². The first kappa shape index (κ1) is 21.3. The molecule has 3 aromatic rings. The van der Waals surface area contributed by atoms with Crippen molar-refractivity contribution in [3.8, 4) is 0 Å². The number of hydrogen-bond donors (Lipinski definition) is 1. The van der Waals surface area contributed by atoms with Crippen LogP contribution in [0.2, 0.25) is 0 Å². The van der Waals surface area contributed by atoms with Crippen molar-refractivity contribution >= 4 is 15.9 Å². The quantitative estimate of drug-likeness (QED) is 0.622. The van der Waals surface area contributed by atoms with Crippen LogP contribution in [0, 0.1) is 5.92 Å². The van der Waals surface area contributed by atoms with Crippen molar-refractivity contribution in [3.63, 3.8) is 0 Å². The van der Waals surface area contributed by atoms with Gasteiger partial charge in [-0.2, -0.15) is 4.31 Å². The van der Waals surface area contributed by atoms with Gasteiger partial charge in [0.1, 0.15) is 5.76 Å². The Morgan fingerprint density at radius 2 is 1.68 bits per heavy atom. The van der Waals surface area contributed by atoms with E-state index in [0.29, 0.717) is 18.6 Å². The first-order chi connectivity index (χ1) is 15.0. The zero-order valence-electron chi connectivity index (χ0n) is 17.3. The lowest BCUT2D eigenvalue weighted by molar-refractivity contribution is -0.127. The van der Waals surface area contributed by atoms with Gasteiger partial charge in [-0.05, 0) is 49.6 Å². The number of carbonyl (C=O) groups excluding carboxylic acids is 1. The average molecular weight is 439 g/mol. The molecule has 162 valence electrons. The van der Waals surface area contributed by atoms with Crippen LogP contribution in [0.3, 0.4) is 0 Å². The Morgan fingerprint density at radius 3 is 2.32 bits per heavy atom. The van der Waals surface area contributed by atoms with E-state index in [1.165, 1.54) is 4.31 Å². The number of rotatable bonds is 6. The highest BCUT2D eigenvalue weighted by Gasteiger charge is 2.40. The summed E-state index contributed by atoms with van der Waals surface area (Å²) in [5, 5.41) is 2.96. The van der Waals surface area contributed by atoms with Crippen LogP contribution in [0.1, 0.15) is 43.2 Å². The summed E-state index contributed by atoms with van der Waals surface area (Å²) in [6, 6.07) is 21.0.